The summed E-state index contributed by atoms with van der Waals surface area (Å²) in [5.74, 6) is 0. The van der Waals surface area contributed by atoms with E-state index in [1.807, 2.05) is 42.5 Å². The molecule has 0 heterocycles. The Morgan fingerprint density at radius 2 is 1.61 bits per heavy atom. The molecule has 2 heteroatoms. The lowest BCUT2D eigenvalue weighted by Gasteiger charge is -2.17. The maximum absolute atomic E-state index is 9.05. The van der Waals surface area contributed by atoms with Crippen LogP contribution in [0.1, 0.15) is 16.7 Å². The molecule has 0 fully saturated rings. The second-order valence-electron chi connectivity index (χ2n) is 4.43. The van der Waals surface area contributed by atoms with Gasteiger partial charge in [0.15, 0.2) is 0 Å². The Bertz CT molecular complexity index is 541. The lowest BCUT2D eigenvalue weighted by atomic mass is 10.1. The number of nitrogens with zero attached hydrogens (tertiary/aromatic N) is 2. The van der Waals surface area contributed by atoms with Crippen LogP contribution in [0.4, 0.5) is 0 Å². The van der Waals surface area contributed by atoms with E-state index in [1.54, 1.807) is 0 Å². The lowest BCUT2D eigenvalue weighted by molar-refractivity contribution is 0.319. The molecule has 0 spiro atoms. The zero-order valence-electron chi connectivity index (χ0n) is 10.5. The Hall–Kier alpha value is -2.11. The molecule has 0 amide bonds. The molecule has 0 atom stereocenters. The molecular formula is C16H16N2. The summed E-state index contributed by atoms with van der Waals surface area (Å²) in [4.78, 5) is 2.21. The summed E-state index contributed by atoms with van der Waals surface area (Å²) in [7, 11) is 2.07. The Labute approximate surface area is 108 Å². The van der Waals surface area contributed by atoms with Crippen molar-refractivity contribution in [1.82, 2.24) is 4.90 Å². The van der Waals surface area contributed by atoms with Crippen LogP contribution in [-0.2, 0) is 13.1 Å². The predicted molar refractivity (Wildman–Crippen MR) is 72.8 cm³/mol. The number of benzene rings is 2. The van der Waals surface area contributed by atoms with Gasteiger partial charge in [-0.3, -0.25) is 4.90 Å². The van der Waals surface area contributed by atoms with Gasteiger partial charge in [-0.1, -0.05) is 48.5 Å². The summed E-state index contributed by atoms with van der Waals surface area (Å²) in [6, 6.07) is 20.4. The number of rotatable bonds is 4. The highest BCUT2D eigenvalue weighted by molar-refractivity contribution is 5.37. The fraction of sp³-hybridized carbons (Fsp3) is 0.188. The molecule has 0 aliphatic rings. The quantitative estimate of drug-likeness (QED) is 0.815. The van der Waals surface area contributed by atoms with E-state index < -0.39 is 0 Å². The molecule has 18 heavy (non-hydrogen) atoms. The Morgan fingerprint density at radius 1 is 0.944 bits per heavy atom. The summed E-state index contributed by atoms with van der Waals surface area (Å²) in [6.45, 7) is 1.68. The molecule has 0 radical (unpaired) electrons. The molecule has 0 N–H and O–H groups in total. The van der Waals surface area contributed by atoms with Gasteiger partial charge in [-0.2, -0.15) is 5.26 Å². The molecule has 0 bridgehead atoms. The van der Waals surface area contributed by atoms with E-state index in [2.05, 4.69) is 30.1 Å². The summed E-state index contributed by atoms with van der Waals surface area (Å²) in [5.41, 5.74) is 3.13. The van der Waals surface area contributed by atoms with Gasteiger partial charge in [-0.05, 0) is 24.2 Å². The first-order chi connectivity index (χ1) is 8.79. The van der Waals surface area contributed by atoms with Gasteiger partial charge in [0.1, 0.15) is 0 Å². The molecule has 0 aliphatic carbocycles. The third-order valence-electron chi connectivity index (χ3n) is 2.87. The molecular weight excluding hydrogens is 220 g/mol. The van der Waals surface area contributed by atoms with E-state index in [9.17, 15) is 0 Å². The summed E-state index contributed by atoms with van der Waals surface area (Å²) in [6.07, 6.45) is 0. The van der Waals surface area contributed by atoms with Gasteiger partial charge < -0.3 is 0 Å². The number of hydrogen-bond donors (Lipinski definition) is 0. The van der Waals surface area contributed by atoms with Crippen LogP contribution in [-0.4, -0.2) is 11.9 Å². The first-order valence-corrected chi connectivity index (χ1v) is 6.00. The maximum atomic E-state index is 9.05. The van der Waals surface area contributed by atoms with Crippen LogP contribution >= 0.6 is 0 Å². The smallest absolute Gasteiger partial charge is 0.0995 e. The number of hydrogen-bond acceptors (Lipinski definition) is 2. The van der Waals surface area contributed by atoms with Gasteiger partial charge >= 0.3 is 0 Å². The van der Waals surface area contributed by atoms with Gasteiger partial charge in [-0.15, -0.1) is 0 Å². The van der Waals surface area contributed by atoms with Crippen LogP contribution in [0.3, 0.4) is 0 Å². The minimum absolute atomic E-state index is 0.761. The van der Waals surface area contributed by atoms with E-state index in [-0.39, 0.29) is 0 Å². The molecule has 0 saturated heterocycles. The first-order valence-electron chi connectivity index (χ1n) is 6.00. The fourth-order valence-electron chi connectivity index (χ4n) is 2.01. The molecule has 90 valence electrons. The normalized spacial score (nSPS) is 10.3. The minimum atomic E-state index is 0.761. The summed E-state index contributed by atoms with van der Waals surface area (Å²) in [5, 5.41) is 9.05. The van der Waals surface area contributed by atoms with Crippen molar-refractivity contribution in [1.29, 1.82) is 5.26 Å². The maximum Gasteiger partial charge on any atom is 0.0995 e. The van der Waals surface area contributed by atoms with Crippen LogP contribution in [0.25, 0.3) is 0 Å². The summed E-state index contributed by atoms with van der Waals surface area (Å²) < 4.78 is 0. The fourth-order valence-corrected chi connectivity index (χ4v) is 2.01. The third kappa shape index (κ3) is 3.19. The molecule has 0 aliphatic heterocycles. The highest BCUT2D eigenvalue weighted by atomic mass is 15.1. The van der Waals surface area contributed by atoms with Gasteiger partial charge in [0.25, 0.3) is 0 Å². The van der Waals surface area contributed by atoms with E-state index in [0.717, 1.165) is 24.2 Å². The first kappa shape index (κ1) is 12.3. The second-order valence-corrected chi connectivity index (χ2v) is 4.43. The van der Waals surface area contributed by atoms with Crippen LogP contribution in [0.5, 0.6) is 0 Å². The van der Waals surface area contributed by atoms with E-state index in [1.165, 1.54) is 5.56 Å². The van der Waals surface area contributed by atoms with Crippen molar-refractivity contribution in [2.75, 3.05) is 7.05 Å². The second kappa shape index (κ2) is 6.00. The van der Waals surface area contributed by atoms with Crippen molar-refractivity contribution in [2.45, 2.75) is 13.1 Å². The van der Waals surface area contributed by atoms with Crippen LogP contribution in [0, 0.1) is 11.3 Å². The van der Waals surface area contributed by atoms with Crippen molar-refractivity contribution >= 4 is 0 Å². The zero-order chi connectivity index (χ0) is 12.8. The van der Waals surface area contributed by atoms with E-state index in [4.69, 9.17) is 5.26 Å². The van der Waals surface area contributed by atoms with Crippen LogP contribution < -0.4 is 0 Å². The van der Waals surface area contributed by atoms with E-state index in [0.29, 0.717) is 0 Å². The van der Waals surface area contributed by atoms with Crippen molar-refractivity contribution < 1.29 is 0 Å². The van der Waals surface area contributed by atoms with Crippen molar-refractivity contribution in [2.24, 2.45) is 0 Å². The highest BCUT2D eigenvalue weighted by Gasteiger charge is 2.05. The number of nitriles is 1. The Balaban J connectivity index is 2.04. The van der Waals surface area contributed by atoms with Crippen LogP contribution in [0.2, 0.25) is 0 Å². The average Bonchev–Trinajstić information content (AvgIpc) is 2.40. The van der Waals surface area contributed by atoms with Gasteiger partial charge in [0.05, 0.1) is 11.6 Å². The largest absolute Gasteiger partial charge is 0.298 e. The topological polar surface area (TPSA) is 27.0 Å². The molecule has 0 unspecified atom stereocenters. The standard InChI is InChI=1S/C16H16N2/c1-18(12-14-7-3-2-4-8-14)13-16-10-6-5-9-15(16)11-17/h2-10H,12-13H2,1H3. The Morgan fingerprint density at radius 3 is 2.33 bits per heavy atom. The lowest BCUT2D eigenvalue weighted by Crippen LogP contribution is -2.17. The molecule has 0 saturated carbocycles. The molecule has 2 rings (SSSR count). The van der Waals surface area contributed by atoms with Gasteiger partial charge in [0.2, 0.25) is 0 Å². The van der Waals surface area contributed by atoms with Gasteiger partial charge in [0, 0.05) is 13.1 Å². The van der Waals surface area contributed by atoms with Crippen molar-refractivity contribution in [3.05, 3.63) is 71.3 Å². The predicted octanol–water partition coefficient (Wildman–Crippen LogP) is 3.19. The molecule has 2 nitrogen and oxygen atoms in total. The SMILES string of the molecule is CN(Cc1ccccc1)Cc1ccccc1C#N. The molecule has 2 aromatic carbocycles. The van der Waals surface area contributed by atoms with E-state index >= 15 is 0 Å². The molecule has 0 aromatic heterocycles. The zero-order valence-corrected chi connectivity index (χ0v) is 10.5. The highest BCUT2D eigenvalue weighted by Crippen LogP contribution is 2.11. The third-order valence-corrected chi connectivity index (χ3v) is 2.87. The minimum Gasteiger partial charge on any atom is -0.298 e. The van der Waals surface area contributed by atoms with Crippen molar-refractivity contribution in [3.63, 3.8) is 0 Å². The van der Waals surface area contributed by atoms with Crippen LogP contribution in [0.15, 0.2) is 54.6 Å². The van der Waals surface area contributed by atoms with Crippen molar-refractivity contribution in [3.8, 4) is 6.07 Å². The van der Waals surface area contributed by atoms with Gasteiger partial charge in [-0.25, -0.2) is 0 Å². The average molecular weight is 236 g/mol. The monoisotopic (exact) mass is 236 g/mol. The summed E-state index contributed by atoms with van der Waals surface area (Å²) >= 11 is 0. The Kier molecular flexibility index (Phi) is 4.11. The molecule has 2 aromatic rings.